The van der Waals surface area contributed by atoms with Gasteiger partial charge in [0, 0.05) is 63.6 Å². The van der Waals surface area contributed by atoms with E-state index >= 15 is 0 Å². The number of thiophene rings is 2. The van der Waals surface area contributed by atoms with Crippen molar-refractivity contribution in [3.8, 4) is 39.7 Å². The fraction of sp³-hybridized carbons (Fsp3) is 0. The van der Waals surface area contributed by atoms with Gasteiger partial charge in [-0.05, 0) is 35.3 Å². The summed E-state index contributed by atoms with van der Waals surface area (Å²) in [7, 11) is 0. The lowest BCUT2D eigenvalue weighted by molar-refractivity contribution is 1.14. The topological polar surface area (TPSA) is 38.0 Å². The Morgan fingerprint density at radius 3 is 1.47 bits per heavy atom. The summed E-state index contributed by atoms with van der Waals surface area (Å²) in [5.41, 5.74) is -5.39. The minimum Gasteiger partial charge on any atom is -0.316 e. The zero-order chi connectivity index (χ0) is 56.7. The maximum absolute atomic E-state index is 12.1. The first-order valence-corrected chi connectivity index (χ1v) is 20.7. The van der Waals surface area contributed by atoms with Crippen LogP contribution in [0, 0.1) is 17.9 Å². The number of para-hydroxylation sites is 2. The highest BCUT2D eigenvalue weighted by atomic mass is 32.1. The maximum Gasteiger partial charge on any atom is 0.220 e. The molecule has 62 heavy (non-hydrogen) atoms. The fourth-order valence-electron chi connectivity index (χ4n) is 9.01. The molecule has 0 spiro atoms. The van der Waals surface area contributed by atoms with Crippen LogP contribution >= 0.6 is 22.7 Å². The summed E-state index contributed by atoms with van der Waals surface area (Å²) in [4.78, 5) is 4.15. The van der Waals surface area contributed by atoms with Crippen LogP contribution in [-0.2, 0) is 0 Å². The lowest BCUT2D eigenvalue weighted by atomic mass is 9.88. The van der Waals surface area contributed by atoms with E-state index in [2.05, 4.69) is 10.9 Å². The summed E-state index contributed by atoms with van der Waals surface area (Å²) >= 11 is 2.76. The number of benzene rings is 9. The molecule has 4 aromatic heterocycles. The van der Waals surface area contributed by atoms with Gasteiger partial charge in [0.15, 0.2) is 0 Å². The second-order valence-electron chi connectivity index (χ2n) is 14.4. The van der Waals surface area contributed by atoms with Gasteiger partial charge in [-0.15, -0.1) is 22.7 Å². The molecule has 9 aromatic carbocycles. The molecule has 0 radical (unpaired) electrons. The monoisotopic (exact) mass is 840 g/mol. The first-order chi connectivity index (χ1) is 38.2. The van der Waals surface area contributed by atoms with Crippen molar-refractivity contribution in [1.29, 1.82) is 5.26 Å². The van der Waals surface area contributed by atoms with Crippen molar-refractivity contribution in [1.82, 2.24) is 9.13 Å². The Morgan fingerprint density at radius 2 is 0.952 bits per heavy atom. The lowest BCUT2D eigenvalue weighted by Gasteiger charge is -2.26. The van der Waals surface area contributed by atoms with Crippen molar-refractivity contribution in [2.75, 3.05) is 0 Å². The molecule has 0 aliphatic heterocycles. The first-order valence-electron chi connectivity index (χ1n) is 28.1. The Hall–Kier alpha value is -8.00. The van der Waals surface area contributed by atoms with E-state index in [9.17, 15) is 25.5 Å². The molecule has 0 aliphatic carbocycles. The molecule has 0 bridgehead atoms. The number of nitriles is 1. The first kappa shape index (κ1) is 21.5. The number of nitrogens with zero attached hydrogens (tertiary/aromatic N) is 4. The lowest BCUT2D eigenvalue weighted by Crippen LogP contribution is -2.08. The second kappa shape index (κ2) is 13.3. The van der Waals surface area contributed by atoms with Gasteiger partial charge in [0.1, 0.15) is 6.07 Å². The Labute approximate surface area is 388 Å². The van der Waals surface area contributed by atoms with Gasteiger partial charge in [-0.1, -0.05) is 157 Å². The third kappa shape index (κ3) is 4.68. The summed E-state index contributed by atoms with van der Waals surface area (Å²) < 4.78 is 172. The highest BCUT2D eigenvalue weighted by molar-refractivity contribution is 7.27. The van der Waals surface area contributed by atoms with E-state index in [1.807, 2.05) is 72.8 Å². The second-order valence-corrected chi connectivity index (χ2v) is 16.5. The third-order valence-corrected chi connectivity index (χ3v) is 13.8. The van der Waals surface area contributed by atoms with Crippen molar-refractivity contribution in [2.45, 2.75) is 0 Å². The van der Waals surface area contributed by atoms with Gasteiger partial charge in [0.2, 0.25) is 5.69 Å². The summed E-state index contributed by atoms with van der Waals surface area (Å²) in [6.07, 6.45) is 0. The average Bonchev–Trinajstić information content (AvgIpc) is 2.16. The van der Waals surface area contributed by atoms with Crippen molar-refractivity contribution >= 4 is 112 Å². The minimum atomic E-state index is -0.892. The smallest absolute Gasteiger partial charge is 0.220 e. The normalized spacial score (nSPS) is 15.9. The maximum atomic E-state index is 12.1. The van der Waals surface area contributed by atoms with Gasteiger partial charge in [0.25, 0.3) is 0 Å². The molecule has 4 heterocycles. The molecular weight excluding hydrogens is 793 g/mol. The van der Waals surface area contributed by atoms with Crippen LogP contribution in [0.1, 0.15) is 30.2 Å². The SMILES string of the molecule is [2H]c1c([2H])c([2H])c(-c2c(C#N)c(-n3c4c([2H])c([2H])c([2H])c([2H])c4c4c([2H])c([2H])c([2H])c([2H])c43)c(-c3c([2H])c([2H])c([2H])c([2H])c3[2H])c(-n3c4c(ccc5c6ccccc6sc54)c4ccc5c6ccccc6sc5c43)c2[N+]#[C-])c([2H])c1[2H]. The van der Waals surface area contributed by atoms with Gasteiger partial charge in [-0.2, -0.15) is 5.26 Å². The molecule has 0 unspecified atom stereocenters. The van der Waals surface area contributed by atoms with E-state index in [4.69, 9.17) is 11.0 Å². The predicted octanol–water partition coefficient (Wildman–Crippen LogP) is 16.4. The number of hydrogen-bond acceptors (Lipinski definition) is 3. The minimum absolute atomic E-state index is 0.374. The molecule has 0 atom stereocenters. The highest BCUT2D eigenvalue weighted by Gasteiger charge is 2.33. The number of fused-ring (bicyclic) bond motifs is 14. The van der Waals surface area contributed by atoms with E-state index in [0.717, 1.165) is 35.5 Å². The molecule has 0 saturated heterocycles. The molecule has 13 aromatic rings. The Morgan fingerprint density at radius 1 is 0.484 bits per heavy atom. The zero-order valence-electron chi connectivity index (χ0n) is 49.5. The van der Waals surface area contributed by atoms with Crippen molar-refractivity contribution < 1.29 is 24.7 Å². The van der Waals surface area contributed by atoms with E-state index in [-0.39, 0.29) is 5.69 Å². The van der Waals surface area contributed by atoms with Gasteiger partial charge in [-0.25, -0.2) is 4.85 Å². The van der Waals surface area contributed by atoms with Crippen LogP contribution in [0.5, 0.6) is 0 Å². The van der Waals surface area contributed by atoms with Crippen molar-refractivity contribution in [2.24, 2.45) is 0 Å². The Bertz CT molecular complexity index is 4950. The van der Waals surface area contributed by atoms with Crippen molar-refractivity contribution in [3.63, 3.8) is 0 Å². The van der Waals surface area contributed by atoms with E-state index < -0.39 is 170 Å². The number of hydrogen-bond donors (Lipinski definition) is 0. The van der Waals surface area contributed by atoms with Crippen LogP contribution in [0.25, 0.3) is 122 Å². The molecule has 286 valence electrons. The van der Waals surface area contributed by atoms with Crippen LogP contribution in [-0.4, -0.2) is 9.13 Å². The molecule has 0 fully saturated rings. The van der Waals surface area contributed by atoms with E-state index in [1.54, 1.807) is 4.57 Å². The molecular formula is C56H30N4S2. The van der Waals surface area contributed by atoms with Crippen LogP contribution in [0.4, 0.5) is 5.69 Å². The highest BCUT2D eigenvalue weighted by Crippen LogP contribution is 2.54. The Balaban J connectivity index is 1.47. The molecule has 0 amide bonds. The van der Waals surface area contributed by atoms with Gasteiger partial charge in [0.05, 0.1) is 79.7 Å². The predicted molar refractivity (Wildman–Crippen MR) is 263 cm³/mol. The summed E-state index contributed by atoms with van der Waals surface area (Å²) in [5, 5.41) is 15.5. The standard InChI is InChI=1S/C56H30N4S2/c1-58-50-48(33-16-4-2-5-17-33)43(32-57)51(59-44-24-12-8-20-35(44)36-21-9-13-25-45(36)59)49(34-18-6-3-7-19-34)54(50)60-52-39(28-30-41-37-22-10-14-26-46(37)61-55(41)52)40-29-31-42-38-23-11-15-27-47(38)62-56(42)53(40)60/h2-31H/i2D,3D,4D,5D,6D,7D,8D,9D,12D,13D,16D,17D,18D,19D,20D,21D,24D,25D. The molecule has 0 N–H and O–H groups in total. The average molecular weight is 841 g/mol. The zero-order valence-corrected chi connectivity index (χ0v) is 33.2. The van der Waals surface area contributed by atoms with E-state index in [0.29, 0.717) is 31.2 Å². The molecule has 13 rings (SSSR count). The van der Waals surface area contributed by atoms with Crippen LogP contribution in [0.15, 0.2) is 182 Å². The summed E-state index contributed by atoms with van der Waals surface area (Å²) in [6, 6.07) is 9.56. The number of aromatic nitrogens is 2. The Kier molecular flexibility index (Phi) is 4.59. The molecule has 0 aliphatic rings. The summed E-state index contributed by atoms with van der Waals surface area (Å²) in [6.45, 7) is 9.43. The molecule has 0 saturated carbocycles. The number of rotatable bonds is 4. The quantitative estimate of drug-likeness (QED) is 0.163. The van der Waals surface area contributed by atoms with Gasteiger partial charge >= 0.3 is 0 Å². The van der Waals surface area contributed by atoms with Gasteiger partial charge < -0.3 is 9.13 Å². The van der Waals surface area contributed by atoms with E-state index in [1.165, 1.54) is 22.7 Å². The van der Waals surface area contributed by atoms with Crippen LogP contribution < -0.4 is 0 Å². The van der Waals surface area contributed by atoms with Crippen LogP contribution in [0.3, 0.4) is 0 Å². The fourth-order valence-corrected chi connectivity index (χ4v) is 11.5. The van der Waals surface area contributed by atoms with Crippen LogP contribution in [0.2, 0.25) is 0 Å². The van der Waals surface area contributed by atoms with Gasteiger partial charge in [-0.3, -0.25) is 0 Å². The van der Waals surface area contributed by atoms with Crippen molar-refractivity contribution in [3.05, 3.63) is 199 Å². The third-order valence-electron chi connectivity index (χ3n) is 11.4. The molecule has 6 heteroatoms. The largest absolute Gasteiger partial charge is 0.316 e. The molecule has 4 nitrogen and oxygen atoms in total. The summed E-state index contributed by atoms with van der Waals surface area (Å²) in [5.74, 6) is 0.